The molecule has 0 heterocycles. The number of methoxy groups -OCH3 is 1. The number of benzene rings is 1. The Balaban J connectivity index is 2.96. The summed E-state index contributed by atoms with van der Waals surface area (Å²) < 4.78 is 5.37. The summed E-state index contributed by atoms with van der Waals surface area (Å²) in [5, 5.41) is 3.25. The summed E-state index contributed by atoms with van der Waals surface area (Å²) in [6, 6.07) is 4.15. The zero-order valence-corrected chi connectivity index (χ0v) is 10.6. The topological polar surface area (TPSA) is 47.3 Å². The SMILES string of the molecule is CCNCC(N)c1cc(C)c(C)cc1OC. The van der Waals surface area contributed by atoms with Gasteiger partial charge in [0.15, 0.2) is 0 Å². The molecule has 3 N–H and O–H groups in total. The Morgan fingerprint density at radius 1 is 1.31 bits per heavy atom. The van der Waals surface area contributed by atoms with Crippen LogP contribution in [-0.2, 0) is 0 Å². The van der Waals surface area contributed by atoms with Crippen LogP contribution in [0.3, 0.4) is 0 Å². The number of aryl methyl sites for hydroxylation is 2. The molecule has 1 unspecified atom stereocenters. The second-order valence-corrected chi connectivity index (χ2v) is 4.09. The van der Waals surface area contributed by atoms with Crippen LogP contribution in [0.1, 0.15) is 29.7 Å². The Bertz CT molecular complexity index is 350. The number of hydrogen-bond acceptors (Lipinski definition) is 3. The molecule has 0 amide bonds. The molecule has 16 heavy (non-hydrogen) atoms. The van der Waals surface area contributed by atoms with Gasteiger partial charge in [-0.2, -0.15) is 0 Å². The van der Waals surface area contributed by atoms with E-state index in [2.05, 4.69) is 38.2 Å². The van der Waals surface area contributed by atoms with Gasteiger partial charge in [-0.1, -0.05) is 13.0 Å². The molecule has 0 bridgehead atoms. The molecular formula is C13H22N2O. The van der Waals surface area contributed by atoms with Crippen molar-refractivity contribution < 1.29 is 4.74 Å². The monoisotopic (exact) mass is 222 g/mol. The predicted molar refractivity (Wildman–Crippen MR) is 67.9 cm³/mol. The van der Waals surface area contributed by atoms with E-state index >= 15 is 0 Å². The fraction of sp³-hybridized carbons (Fsp3) is 0.538. The third-order valence-corrected chi connectivity index (χ3v) is 2.86. The van der Waals surface area contributed by atoms with E-state index in [0.717, 1.165) is 24.4 Å². The van der Waals surface area contributed by atoms with Gasteiger partial charge in [0, 0.05) is 18.2 Å². The quantitative estimate of drug-likeness (QED) is 0.800. The van der Waals surface area contributed by atoms with Crippen molar-refractivity contribution in [2.24, 2.45) is 5.73 Å². The van der Waals surface area contributed by atoms with Crippen molar-refractivity contribution in [1.29, 1.82) is 0 Å². The average molecular weight is 222 g/mol. The zero-order valence-electron chi connectivity index (χ0n) is 10.6. The Labute approximate surface area is 98.0 Å². The summed E-state index contributed by atoms with van der Waals surface area (Å²) in [5.74, 6) is 0.883. The van der Waals surface area contributed by atoms with Crippen LogP contribution >= 0.6 is 0 Å². The van der Waals surface area contributed by atoms with E-state index in [1.54, 1.807) is 7.11 Å². The summed E-state index contributed by atoms with van der Waals surface area (Å²) in [6.45, 7) is 7.95. The molecule has 0 saturated carbocycles. The Kier molecular flexibility index (Phi) is 4.77. The molecule has 90 valence electrons. The predicted octanol–water partition coefficient (Wildman–Crippen LogP) is 1.92. The molecule has 0 spiro atoms. The van der Waals surface area contributed by atoms with Crippen molar-refractivity contribution in [2.45, 2.75) is 26.8 Å². The normalized spacial score (nSPS) is 12.6. The molecule has 1 atom stereocenters. The maximum absolute atomic E-state index is 6.13. The van der Waals surface area contributed by atoms with Crippen LogP contribution in [0.4, 0.5) is 0 Å². The fourth-order valence-electron chi connectivity index (χ4n) is 1.69. The molecular weight excluding hydrogens is 200 g/mol. The third kappa shape index (κ3) is 2.97. The number of ether oxygens (including phenoxy) is 1. The van der Waals surface area contributed by atoms with Gasteiger partial charge >= 0.3 is 0 Å². The largest absolute Gasteiger partial charge is 0.496 e. The zero-order chi connectivity index (χ0) is 12.1. The minimum Gasteiger partial charge on any atom is -0.496 e. The van der Waals surface area contributed by atoms with E-state index < -0.39 is 0 Å². The van der Waals surface area contributed by atoms with Gasteiger partial charge in [0.1, 0.15) is 5.75 Å². The van der Waals surface area contributed by atoms with Gasteiger partial charge < -0.3 is 15.8 Å². The minimum atomic E-state index is -0.0193. The van der Waals surface area contributed by atoms with Gasteiger partial charge in [-0.3, -0.25) is 0 Å². The van der Waals surface area contributed by atoms with Crippen LogP contribution in [0.5, 0.6) is 5.75 Å². The highest BCUT2D eigenvalue weighted by Gasteiger charge is 2.12. The Morgan fingerprint density at radius 2 is 1.94 bits per heavy atom. The molecule has 0 aliphatic heterocycles. The maximum atomic E-state index is 6.13. The van der Waals surface area contributed by atoms with Crippen molar-refractivity contribution >= 4 is 0 Å². The average Bonchev–Trinajstić information content (AvgIpc) is 2.28. The molecule has 0 aromatic heterocycles. The standard InChI is InChI=1S/C13H22N2O/c1-5-15-8-12(14)11-6-9(2)10(3)7-13(11)16-4/h6-7,12,15H,5,8,14H2,1-4H3. The van der Waals surface area contributed by atoms with Gasteiger partial charge in [0.2, 0.25) is 0 Å². The van der Waals surface area contributed by atoms with E-state index in [1.807, 2.05) is 0 Å². The van der Waals surface area contributed by atoms with Crippen molar-refractivity contribution in [3.8, 4) is 5.75 Å². The van der Waals surface area contributed by atoms with E-state index in [4.69, 9.17) is 10.5 Å². The van der Waals surface area contributed by atoms with Crippen LogP contribution in [0.2, 0.25) is 0 Å². The van der Waals surface area contributed by atoms with Gasteiger partial charge in [-0.15, -0.1) is 0 Å². The highest BCUT2D eigenvalue weighted by Crippen LogP contribution is 2.27. The second-order valence-electron chi connectivity index (χ2n) is 4.09. The lowest BCUT2D eigenvalue weighted by Gasteiger charge is -2.18. The Morgan fingerprint density at radius 3 is 2.50 bits per heavy atom. The van der Waals surface area contributed by atoms with Gasteiger partial charge in [-0.05, 0) is 37.6 Å². The fourth-order valence-corrected chi connectivity index (χ4v) is 1.69. The van der Waals surface area contributed by atoms with Crippen LogP contribution in [0.15, 0.2) is 12.1 Å². The first-order valence-electron chi connectivity index (χ1n) is 5.71. The van der Waals surface area contributed by atoms with Crippen LogP contribution < -0.4 is 15.8 Å². The van der Waals surface area contributed by atoms with Gasteiger partial charge in [0.25, 0.3) is 0 Å². The van der Waals surface area contributed by atoms with E-state index in [9.17, 15) is 0 Å². The smallest absolute Gasteiger partial charge is 0.123 e. The first-order valence-corrected chi connectivity index (χ1v) is 5.71. The van der Waals surface area contributed by atoms with E-state index in [0.29, 0.717) is 0 Å². The maximum Gasteiger partial charge on any atom is 0.123 e. The third-order valence-electron chi connectivity index (χ3n) is 2.86. The van der Waals surface area contributed by atoms with E-state index in [-0.39, 0.29) is 6.04 Å². The summed E-state index contributed by atoms with van der Waals surface area (Å²) in [7, 11) is 1.69. The molecule has 1 rings (SSSR count). The molecule has 1 aromatic carbocycles. The van der Waals surface area contributed by atoms with Crippen molar-refractivity contribution in [1.82, 2.24) is 5.32 Å². The van der Waals surface area contributed by atoms with Crippen molar-refractivity contribution in [2.75, 3.05) is 20.2 Å². The Hall–Kier alpha value is -1.06. The first kappa shape index (κ1) is 13.0. The summed E-state index contributed by atoms with van der Waals surface area (Å²) in [5.41, 5.74) is 9.69. The summed E-state index contributed by atoms with van der Waals surface area (Å²) in [6.07, 6.45) is 0. The van der Waals surface area contributed by atoms with Crippen LogP contribution in [-0.4, -0.2) is 20.2 Å². The lowest BCUT2D eigenvalue weighted by Crippen LogP contribution is -2.27. The van der Waals surface area contributed by atoms with Crippen LogP contribution in [0, 0.1) is 13.8 Å². The number of nitrogens with two attached hydrogens (primary N) is 1. The van der Waals surface area contributed by atoms with Gasteiger partial charge in [0.05, 0.1) is 7.11 Å². The minimum absolute atomic E-state index is 0.0193. The molecule has 1 aromatic rings. The lowest BCUT2D eigenvalue weighted by molar-refractivity contribution is 0.404. The number of nitrogens with one attached hydrogen (secondary N) is 1. The number of likely N-dealkylation sites (N-methyl/N-ethyl adjacent to an activating group) is 1. The molecule has 3 heteroatoms. The van der Waals surface area contributed by atoms with E-state index in [1.165, 1.54) is 11.1 Å². The summed E-state index contributed by atoms with van der Waals surface area (Å²) in [4.78, 5) is 0. The molecule has 0 aliphatic rings. The number of rotatable bonds is 5. The molecule has 3 nitrogen and oxygen atoms in total. The highest BCUT2D eigenvalue weighted by molar-refractivity contribution is 5.43. The highest BCUT2D eigenvalue weighted by atomic mass is 16.5. The number of hydrogen-bond donors (Lipinski definition) is 2. The molecule has 0 fully saturated rings. The van der Waals surface area contributed by atoms with Crippen molar-refractivity contribution in [3.05, 3.63) is 28.8 Å². The first-order chi connectivity index (χ1) is 7.60. The molecule has 0 radical (unpaired) electrons. The van der Waals surface area contributed by atoms with Crippen LogP contribution in [0.25, 0.3) is 0 Å². The lowest BCUT2D eigenvalue weighted by atomic mass is 10.00. The molecule has 0 saturated heterocycles. The second kappa shape index (κ2) is 5.87. The van der Waals surface area contributed by atoms with Gasteiger partial charge in [-0.25, -0.2) is 0 Å². The molecule has 0 aliphatic carbocycles. The van der Waals surface area contributed by atoms with Crippen molar-refractivity contribution in [3.63, 3.8) is 0 Å². The summed E-state index contributed by atoms with van der Waals surface area (Å²) >= 11 is 0.